The minimum absolute atomic E-state index is 0.485. The zero-order valence-corrected chi connectivity index (χ0v) is 11.8. The van der Waals surface area contributed by atoms with E-state index in [-0.39, 0.29) is 0 Å². The molecule has 1 nitrogen and oxygen atoms in total. The Morgan fingerprint density at radius 2 is 2.18 bits per heavy atom. The van der Waals surface area contributed by atoms with Gasteiger partial charge >= 0.3 is 0 Å². The van der Waals surface area contributed by atoms with Crippen LogP contribution >= 0.6 is 23.1 Å². The number of hydrogen-bond donors (Lipinski definition) is 0. The minimum Gasteiger partial charge on any atom is -0.300 e. The normalized spacial score (nSPS) is 17.2. The average molecular weight is 268 g/mol. The van der Waals surface area contributed by atoms with E-state index in [1.54, 1.807) is 11.3 Å². The van der Waals surface area contributed by atoms with Crippen LogP contribution in [-0.4, -0.2) is 17.3 Å². The van der Waals surface area contributed by atoms with Gasteiger partial charge in [0.2, 0.25) is 0 Å². The Balaban J connectivity index is 1.60. The summed E-state index contributed by atoms with van der Waals surface area (Å²) in [5.41, 5.74) is 0. The first kappa shape index (κ1) is 13.2. The topological polar surface area (TPSA) is 17.1 Å². The maximum absolute atomic E-state index is 11.8. The van der Waals surface area contributed by atoms with E-state index in [1.165, 1.54) is 29.2 Å². The monoisotopic (exact) mass is 268 g/mol. The second kappa shape index (κ2) is 7.22. The number of carbonyl (C=O) groups excluding carboxylic acids is 1. The van der Waals surface area contributed by atoms with Gasteiger partial charge in [-0.3, -0.25) is 4.79 Å². The van der Waals surface area contributed by atoms with Gasteiger partial charge in [-0.05, 0) is 54.6 Å². The van der Waals surface area contributed by atoms with Gasteiger partial charge in [-0.1, -0.05) is 6.07 Å². The summed E-state index contributed by atoms with van der Waals surface area (Å²) in [5, 5.41) is 2.11. The second-order valence-electron chi connectivity index (χ2n) is 4.73. The molecule has 0 amide bonds. The highest BCUT2D eigenvalue weighted by Crippen LogP contribution is 2.26. The van der Waals surface area contributed by atoms with Crippen LogP contribution in [0.2, 0.25) is 0 Å². The van der Waals surface area contributed by atoms with Crippen molar-refractivity contribution >= 4 is 28.9 Å². The van der Waals surface area contributed by atoms with E-state index < -0.39 is 0 Å². The Bertz CT molecular complexity index is 326. The Hall–Kier alpha value is -0.280. The molecule has 0 bridgehead atoms. The molecule has 0 N–H and O–H groups in total. The summed E-state index contributed by atoms with van der Waals surface area (Å²) in [7, 11) is 0. The van der Waals surface area contributed by atoms with E-state index in [2.05, 4.69) is 17.5 Å². The quantitative estimate of drug-likeness (QED) is 0.770. The molecule has 1 saturated heterocycles. The maximum Gasteiger partial charge on any atom is 0.133 e. The first-order chi connectivity index (χ1) is 8.34. The molecule has 0 saturated carbocycles. The third-order valence-electron chi connectivity index (χ3n) is 3.32. The van der Waals surface area contributed by atoms with Crippen molar-refractivity contribution in [3.8, 4) is 0 Å². The summed E-state index contributed by atoms with van der Waals surface area (Å²) in [4.78, 5) is 13.2. The zero-order valence-electron chi connectivity index (χ0n) is 10.2. The van der Waals surface area contributed by atoms with Gasteiger partial charge in [0, 0.05) is 17.7 Å². The van der Waals surface area contributed by atoms with Gasteiger partial charge in [0.1, 0.15) is 5.78 Å². The number of rotatable bonds is 6. The van der Waals surface area contributed by atoms with Crippen molar-refractivity contribution in [2.24, 2.45) is 5.92 Å². The number of carbonyl (C=O) groups is 1. The largest absolute Gasteiger partial charge is 0.300 e. The van der Waals surface area contributed by atoms with Crippen molar-refractivity contribution in [2.75, 3.05) is 11.5 Å². The van der Waals surface area contributed by atoms with Crippen LogP contribution in [-0.2, 0) is 11.2 Å². The molecular weight excluding hydrogens is 248 g/mol. The molecule has 2 rings (SSSR count). The Morgan fingerprint density at radius 1 is 1.35 bits per heavy atom. The van der Waals surface area contributed by atoms with Crippen LogP contribution in [0.1, 0.15) is 37.0 Å². The number of Topliss-reactive ketones (excluding diaryl/α,β-unsaturated/α-hetero) is 1. The molecule has 2 heterocycles. The number of hydrogen-bond acceptors (Lipinski definition) is 3. The van der Waals surface area contributed by atoms with Crippen molar-refractivity contribution in [3.63, 3.8) is 0 Å². The molecule has 0 unspecified atom stereocenters. The van der Waals surface area contributed by atoms with E-state index in [1.807, 2.05) is 11.8 Å². The van der Waals surface area contributed by atoms with E-state index >= 15 is 0 Å². The first-order valence-electron chi connectivity index (χ1n) is 6.46. The number of aryl methyl sites for hydroxylation is 1. The lowest BCUT2D eigenvalue weighted by molar-refractivity contribution is -0.120. The molecule has 1 aromatic heterocycles. The highest BCUT2D eigenvalue weighted by Gasteiger charge is 2.16. The molecule has 0 spiro atoms. The van der Waals surface area contributed by atoms with Crippen LogP contribution < -0.4 is 0 Å². The predicted molar refractivity (Wildman–Crippen MR) is 76.9 cm³/mol. The first-order valence-corrected chi connectivity index (χ1v) is 8.50. The van der Waals surface area contributed by atoms with Crippen LogP contribution in [0.25, 0.3) is 0 Å². The summed E-state index contributed by atoms with van der Waals surface area (Å²) in [6, 6.07) is 4.25. The number of thioether (sulfide) groups is 1. The lowest BCUT2D eigenvalue weighted by Gasteiger charge is -2.20. The molecular formula is C14H20OS2. The summed E-state index contributed by atoms with van der Waals surface area (Å²) in [6.45, 7) is 0. The van der Waals surface area contributed by atoms with Gasteiger partial charge in [-0.2, -0.15) is 11.8 Å². The molecule has 0 radical (unpaired) electrons. The van der Waals surface area contributed by atoms with Crippen molar-refractivity contribution in [1.82, 2.24) is 0 Å². The molecule has 1 fully saturated rings. The Morgan fingerprint density at radius 3 is 2.88 bits per heavy atom. The third-order valence-corrected chi connectivity index (χ3v) is 5.30. The molecule has 1 aliphatic rings. The molecule has 0 aliphatic carbocycles. The van der Waals surface area contributed by atoms with E-state index in [0.717, 1.165) is 25.7 Å². The molecule has 1 aromatic rings. The van der Waals surface area contributed by atoms with Crippen molar-refractivity contribution < 1.29 is 4.79 Å². The van der Waals surface area contributed by atoms with Crippen LogP contribution in [0.4, 0.5) is 0 Å². The highest BCUT2D eigenvalue weighted by atomic mass is 32.2. The summed E-state index contributed by atoms with van der Waals surface area (Å²) < 4.78 is 0. The highest BCUT2D eigenvalue weighted by molar-refractivity contribution is 7.99. The Kier molecular flexibility index (Phi) is 5.59. The van der Waals surface area contributed by atoms with E-state index in [9.17, 15) is 4.79 Å². The summed E-state index contributed by atoms with van der Waals surface area (Å²) in [5.74, 6) is 3.68. The van der Waals surface area contributed by atoms with Crippen molar-refractivity contribution in [3.05, 3.63) is 22.4 Å². The second-order valence-corrected chi connectivity index (χ2v) is 6.99. The average Bonchev–Trinajstić information content (AvgIpc) is 2.83. The van der Waals surface area contributed by atoms with Crippen LogP contribution in [0.3, 0.4) is 0 Å². The minimum atomic E-state index is 0.485. The van der Waals surface area contributed by atoms with Gasteiger partial charge in [-0.25, -0.2) is 0 Å². The van der Waals surface area contributed by atoms with Crippen molar-refractivity contribution in [2.45, 2.75) is 38.5 Å². The molecule has 1 aliphatic heterocycles. The van der Waals surface area contributed by atoms with Gasteiger partial charge in [0.05, 0.1) is 0 Å². The fourth-order valence-electron chi connectivity index (χ4n) is 2.29. The maximum atomic E-state index is 11.8. The lowest BCUT2D eigenvalue weighted by Crippen LogP contribution is -2.14. The van der Waals surface area contributed by atoms with Gasteiger partial charge in [-0.15, -0.1) is 11.3 Å². The van der Waals surface area contributed by atoms with Crippen molar-refractivity contribution in [1.29, 1.82) is 0 Å². The molecule has 0 aromatic carbocycles. The lowest BCUT2D eigenvalue weighted by atomic mass is 9.94. The molecule has 0 atom stereocenters. The zero-order chi connectivity index (χ0) is 11.9. The molecule has 17 heavy (non-hydrogen) atoms. The van der Waals surface area contributed by atoms with Crippen LogP contribution in [0.15, 0.2) is 17.5 Å². The molecule has 94 valence electrons. The Labute approximate surface area is 112 Å². The fraction of sp³-hybridized carbons (Fsp3) is 0.643. The van der Waals surface area contributed by atoms with Crippen LogP contribution in [0, 0.1) is 5.92 Å². The van der Waals surface area contributed by atoms with E-state index in [4.69, 9.17) is 0 Å². The SMILES string of the molecule is O=C(CCCc1cccs1)CC1CCSCC1. The fourth-order valence-corrected chi connectivity index (χ4v) is 4.24. The van der Waals surface area contributed by atoms with E-state index in [0.29, 0.717) is 11.7 Å². The summed E-state index contributed by atoms with van der Waals surface area (Å²) >= 11 is 3.83. The van der Waals surface area contributed by atoms with Gasteiger partial charge in [0.15, 0.2) is 0 Å². The molecule has 3 heteroatoms. The predicted octanol–water partition coefficient (Wildman–Crippen LogP) is 4.17. The standard InChI is InChI=1S/C14H20OS2/c15-13(11-12-6-9-16-10-7-12)3-1-4-14-5-2-8-17-14/h2,5,8,12H,1,3-4,6-7,9-11H2. The van der Waals surface area contributed by atoms with Gasteiger partial charge < -0.3 is 0 Å². The third kappa shape index (κ3) is 4.84. The summed E-state index contributed by atoms with van der Waals surface area (Å²) in [6.07, 6.45) is 6.22. The van der Waals surface area contributed by atoms with Gasteiger partial charge in [0.25, 0.3) is 0 Å². The number of ketones is 1. The smallest absolute Gasteiger partial charge is 0.133 e. The van der Waals surface area contributed by atoms with Crippen LogP contribution in [0.5, 0.6) is 0 Å². The number of thiophene rings is 1.